The van der Waals surface area contributed by atoms with Crippen LogP contribution in [0.2, 0.25) is 0 Å². The van der Waals surface area contributed by atoms with E-state index in [0.29, 0.717) is 18.8 Å². The number of piperazine rings is 1. The first-order chi connectivity index (χ1) is 16.5. The lowest BCUT2D eigenvalue weighted by Crippen LogP contribution is -2.48. The third-order valence-electron chi connectivity index (χ3n) is 6.49. The van der Waals surface area contributed by atoms with E-state index in [1.165, 1.54) is 0 Å². The third-order valence-corrected chi connectivity index (χ3v) is 8.38. The summed E-state index contributed by atoms with van der Waals surface area (Å²) in [7, 11) is -1.88. The van der Waals surface area contributed by atoms with Crippen LogP contribution >= 0.6 is 12.4 Å². The second kappa shape index (κ2) is 12.6. The van der Waals surface area contributed by atoms with Gasteiger partial charge in [-0.1, -0.05) is 31.0 Å². The van der Waals surface area contributed by atoms with Crippen molar-refractivity contribution in [1.29, 1.82) is 0 Å². The molecule has 0 saturated carbocycles. The zero-order valence-corrected chi connectivity index (χ0v) is 21.8. The highest BCUT2D eigenvalue weighted by Crippen LogP contribution is 2.28. The SMILES string of the molecule is COc1ccccc1N1CCN(CC(=O)Nc2cccc(S(=O)(=O)N3CCCCCC3)c2)CC1.Cl. The second-order valence-corrected chi connectivity index (χ2v) is 10.8. The minimum Gasteiger partial charge on any atom is -0.495 e. The van der Waals surface area contributed by atoms with Gasteiger partial charge in [0.05, 0.1) is 24.2 Å². The van der Waals surface area contributed by atoms with Crippen LogP contribution in [0.15, 0.2) is 53.4 Å². The van der Waals surface area contributed by atoms with Gasteiger partial charge in [0.2, 0.25) is 15.9 Å². The number of carbonyl (C=O) groups excluding carboxylic acids is 1. The number of halogens is 1. The van der Waals surface area contributed by atoms with Gasteiger partial charge in [0.15, 0.2) is 0 Å². The number of benzene rings is 2. The molecule has 2 aromatic rings. The maximum atomic E-state index is 13.1. The second-order valence-electron chi connectivity index (χ2n) is 8.83. The predicted molar refractivity (Wildman–Crippen MR) is 141 cm³/mol. The predicted octanol–water partition coefficient (Wildman–Crippen LogP) is 3.44. The molecule has 4 rings (SSSR count). The molecular formula is C25H35ClN4O4S. The monoisotopic (exact) mass is 522 g/mol. The van der Waals surface area contributed by atoms with Crippen LogP contribution in [0.25, 0.3) is 0 Å². The third kappa shape index (κ3) is 6.88. The topological polar surface area (TPSA) is 82.2 Å². The van der Waals surface area contributed by atoms with Crippen LogP contribution in [0, 0.1) is 0 Å². The van der Waals surface area contributed by atoms with E-state index >= 15 is 0 Å². The number of anilines is 2. The highest BCUT2D eigenvalue weighted by Gasteiger charge is 2.26. The zero-order chi connectivity index (χ0) is 24.0. The van der Waals surface area contributed by atoms with Gasteiger partial charge < -0.3 is 15.0 Å². The average Bonchev–Trinajstić information content (AvgIpc) is 3.15. The maximum Gasteiger partial charge on any atom is 0.243 e. The molecule has 0 spiro atoms. The number of nitrogens with one attached hydrogen (secondary N) is 1. The first kappa shape index (κ1) is 27.3. The molecule has 0 aliphatic carbocycles. The minimum atomic E-state index is -3.55. The molecule has 2 fully saturated rings. The van der Waals surface area contributed by atoms with E-state index in [0.717, 1.165) is 63.3 Å². The van der Waals surface area contributed by atoms with Crippen LogP contribution in [0.5, 0.6) is 5.75 Å². The summed E-state index contributed by atoms with van der Waals surface area (Å²) in [5.41, 5.74) is 1.57. The number of ether oxygens (including phenoxy) is 1. The smallest absolute Gasteiger partial charge is 0.243 e. The molecule has 2 heterocycles. The van der Waals surface area contributed by atoms with Crippen LogP contribution in [0.4, 0.5) is 11.4 Å². The number of nitrogens with zero attached hydrogens (tertiary/aromatic N) is 3. The van der Waals surface area contributed by atoms with Gasteiger partial charge in [-0.3, -0.25) is 9.69 Å². The number of amides is 1. The van der Waals surface area contributed by atoms with Crippen molar-refractivity contribution in [1.82, 2.24) is 9.21 Å². The standard InChI is InChI=1S/C25H34N4O4S.ClH/c1-33-24-12-5-4-11-23(24)28-17-15-27(16-18-28)20-25(30)26-21-9-8-10-22(19-21)34(31,32)29-13-6-2-3-7-14-29;/h4-5,8-12,19H,2-3,6-7,13-18,20H2,1H3,(H,26,30);1H. The Bertz CT molecular complexity index is 1080. The number of hydrogen-bond donors (Lipinski definition) is 1. The number of rotatable bonds is 7. The summed E-state index contributed by atoms with van der Waals surface area (Å²) < 4.78 is 33.2. The normalized spacial score (nSPS) is 17.8. The van der Waals surface area contributed by atoms with Gasteiger partial charge in [0, 0.05) is 45.0 Å². The van der Waals surface area contributed by atoms with Crippen molar-refractivity contribution >= 4 is 39.7 Å². The molecule has 0 radical (unpaired) electrons. The van der Waals surface area contributed by atoms with Crippen molar-refractivity contribution in [2.75, 3.05) is 63.1 Å². The maximum absolute atomic E-state index is 13.1. The zero-order valence-electron chi connectivity index (χ0n) is 20.2. The van der Waals surface area contributed by atoms with Crippen LogP contribution in [-0.4, -0.2) is 76.5 Å². The molecular weight excluding hydrogens is 488 g/mol. The summed E-state index contributed by atoms with van der Waals surface area (Å²) in [4.78, 5) is 17.3. The Morgan fingerprint density at radius 3 is 2.29 bits per heavy atom. The summed E-state index contributed by atoms with van der Waals surface area (Å²) in [6.45, 7) is 4.50. The molecule has 2 saturated heterocycles. The molecule has 0 atom stereocenters. The van der Waals surface area contributed by atoms with E-state index in [4.69, 9.17) is 4.74 Å². The molecule has 8 nitrogen and oxygen atoms in total. The Balaban J connectivity index is 0.00000342. The van der Waals surface area contributed by atoms with Gasteiger partial charge in [-0.2, -0.15) is 4.31 Å². The fourth-order valence-electron chi connectivity index (χ4n) is 4.61. The summed E-state index contributed by atoms with van der Waals surface area (Å²) >= 11 is 0. The number of para-hydroxylation sites is 2. The lowest BCUT2D eigenvalue weighted by Gasteiger charge is -2.36. The lowest BCUT2D eigenvalue weighted by molar-refractivity contribution is -0.117. The van der Waals surface area contributed by atoms with E-state index in [1.54, 1.807) is 35.7 Å². The average molecular weight is 523 g/mol. The Kier molecular flexibility index (Phi) is 9.80. The van der Waals surface area contributed by atoms with E-state index in [2.05, 4.69) is 15.1 Å². The molecule has 0 unspecified atom stereocenters. The summed E-state index contributed by atoms with van der Waals surface area (Å²) in [5.74, 6) is 0.707. The number of methoxy groups -OCH3 is 1. The number of carbonyl (C=O) groups is 1. The Morgan fingerprint density at radius 1 is 0.914 bits per heavy atom. The Hall–Kier alpha value is -2.33. The summed E-state index contributed by atoms with van der Waals surface area (Å²) in [6, 6.07) is 14.6. The van der Waals surface area contributed by atoms with Crippen molar-refractivity contribution < 1.29 is 17.9 Å². The molecule has 1 amide bonds. The molecule has 1 N–H and O–H groups in total. The van der Waals surface area contributed by atoms with Crippen molar-refractivity contribution in [3.63, 3.8) is 0 Å². The van der Waals surface area contributed by atoms with Gasteiger partial charge in [-0.15, -0.1) is 12.4 Å². The van der Waals surface area contributed by atoms with E-state index < -0.39 is 10.0 Å². The molecule has 0 bridgehead atoms. The number of hydrogen-bond acceptors (Lipinski definition) is 6. The molecule has 2 aromatic carbocycles. The van der Waals surface area contributed by atoms with Crippen LogP contribution in [-0.2, 0) is 14.8 Å². The first-order valence-electron chi connectivity index (χ1n) is 12.0. The van der Waals surface area contributed by atoms with Gasteiger partial charge in [-0.05, 0) is 43.2 Å². The van der Waals surface area contributed by atoms with Crippen LogP contribution < -0.4 is 15.0 Å². The Labute approximate surface area is 214 Å². The lowest BCUT2D eigenvalue weighted by atomic mass is 10.2. The van der Waals surface area contributed by atoms with Crippen LogP contribution in [0.1, 0.15) is 25.7 Å². The van der Waals surface area contributed by atoms with Gasteiger partial charge in [0.1, 0.15) is 5.75 Å². The highest BCUT2D eigenvalue weighted by molar-refractivity contribution is 7.89. The van der Waals surface area contributed by atoms with Gasteiger partial charge in [-0.25, -0.2) is 8.42 Å². The largest absolute Gasteiger partial charge is 0.495 e. The fourth-order valence-corrected chi connectivity index (χ4v) is 6.17. The van der Waals surface area contributed by atoms with Crippen molar-refractivity contribution in [3.8, 4) is 5.75 Å². The van der Waals surface area contributed by atoms with Crippen molar-refractivity contribution in [3.05, 3.63) is 48.5 Å². The molecule has 2 aliphatic rings. The van der Waals surface area contributed by atoms with Crippen molar-refractivity contribution in [2.45, 2.75) is 30.6 Å². The molecule has 0 aromatic heterocycles. The summed E-state index contributed by atoms with van der Waals surface area (Å²) in [5, 5.41) is 2.88. The Morgan fingerprint density at radius 2 is 1.60 bits per heavy atom. The molecule has 10 heteroatoms. The number of sulfonamides is 1. The quantitative estimate of drug-likeness (QED) is 0.600. The summed E-state index contributed by atoms with van der Waals surface area (Å²) in [6.07, 6.45) is 3.91. The first-order valence-corrected chi connectivity index (χ1v) is 13.4. The van der Waals surface area contributed by atoms with E-state index in [-0.39, 0.29) is 29.8 Å². The van der Waals surface area contributed by atoms with Crippen molar-refractivity contribution in [2.24, 2.45) is 0 Å². The molecule has 2 aliphatic heterocycles. The van der Waals surface area contributed by atoms with E-state index in [1.807, 2.05) is 24.3 Å². The molecule has 192 valence electrons. The fraction of sp³-hybridized carbons (Fsp3) is 0.480. The van der Waals surface area contributed by atoms with Gasteiger partial charge in [0.25, 0.3) is 0 Å². The van der Waals surface area contributed by atoms with E-state index in [9.17, 15) is 13.2 Å². The molecule has 35 heavy (non-hydrogen) atoms. The van der Waals surface area contributed by atoms with Gasteiger partial charge >= 0.3 is 0 Å². The minimum absolute atomic E-state index is 0. The highest BCUT2D eigenvalue weighted by atomic mass is 35.5. The van der Waals surface area contributed by atoms with Crippen LogP contribution in [0.3, 0.4) is 0 Å².